The third-order valence-electron chi connectivity index (χ3n) is 7.09. The number of carbonyl (C=O) groups excluding carboxylic acids is 1. The minimum atomic E-state index is -3.58. The van der Waals surface area contributed by atoms with Crippen molar-refractivity contribution in [2.75, 3.05) is 44.4 Å². The predicted octanol–water partition coefficient (Wildman–Crippen LogP) is 7.21. The van der Waals surface area contributed by atoms with Gasteiger partial charge in [0.2, 0.25) is 0 Å². The number of likely N-dealkylation sites (tertiary alicyclic amines) is 1. The highest BCUT2D eigenvalue weighted by molar-refractivity contribution is 8.00. The molecule has 10 heteroatoms. The third kappa shape index (κ3) is 8.83. The van der Waals surface area contributed by atoms with E-state index in [1.54, 1.807) is 52.1 Å². The lowest BCUT2D eigenvalue weighted by Gasteiger charge is -2.42. The van der Waals surface area contributed by atoms with E-state index in [0.29, 0.717) is 34.4 Å². The number of ether oxygens (including phenoxy) is 1. The Balaban J connectivity index is 0.000000975. The summed E-state index contributed by atoms with van der Waals surface area (Å²) in [4.78, 5) is 16.5. The molecule has 2 heterocycles. The zero-order chi connectivity index (χ0) is 31.4. The molecule has 0 aromatic heterocycles. The highest BCUT2D eigenvalue weighted by Gasteiger charge is 2.35. The number of benzene rings is 3. The Labute approximate surface area is 265 Å². The molecule has 5 rings (SSSR count). The van der Waals surface area contributed by atoms with E-state index in [1.807, 2.05) is 48.5 Å². The summed E-state index contributed by atoms with van der Waals surface area (Å²) in [5.41, 5.74) is 3.32. The number of rotatable bonds is 6. The molecule has 2 aliphatic rings. The van der Waals surface area contributed by atoms with Crippen LogP contribution in [-0.2, 0) is 14.6 Å². The lowest BCUT2D eigenvalue weighted by Crippen LogP contribution is -2.44. The van der Waals surface area contributed by atoms with Gasteiger partial charge in [0.15, 0.2) is 9.84 Å². The lowest BCUT2D eigenvalue weighted by molar-refractivity contribution is 0.0589. The molecule has 0 unspecified atom stereocenters. The van der Waals surface area contributed by atoms with Gasteiger partial charge in [-0.05, 0) is 98.9 Å². The first kappa shape index (κ1) is 33.0. The van der Waals surface area contributed by atoms with Crippen LogP contribution in [0.1, 0.15) is 49.9 Å². The van der Waals surface area contributed by atoms with E-state index in [2.05, 4.69) is 10.2 Å². The number of carbonyl (C=O) groups is 1. The first-order valence-corrected chi connectivity index (χ1v) is 16.8. The van der Waals surface area contributed by atoms with Crippen LogP contribution < -0.4 is 10.2 Å². The Hall–Kier alpha value is -2.88. The van der Waals surface area contributed by atoms with Crippen molar-refractivity contribution >= 4 is 49.7 Å². The molecule has 2 fully saturated rings. The summed E-state index contributed by atoms with van der Waals surface area (Å²) in [5, 5.41) is 4.40. The molecule has 0 atom stereocenters. The number of hydrogen-bond donors (Lipinski definition) is 1. The SMILES string of the molecule is C1CNC1.CN(C(=O)OC(C)(C)C)c1cccc(C(=C2CN(C(c3ccc(Cl)cc3)c3ccc(Cl)cc3)C2)S(C)(=O)=O)c1. The molecule has 3 aromatic rings. The predicted molar refractivity (Wildman–Crippen MR) is 177 cm³/mol. The van der Waals surface area contributed by atoms with Gasteiger partial charge in [-0.1, -0.05) is 59.6 Å². The van der Waals surface area contributed by atoms with E-state index in [4.69, 9.17) is 27.9 Å². The van der Waals surface area contributed by atoms with Crippen LogP contribution in [0.15, 0.2) is 78.4 Å². The average Bonchev–Trinajstić information content (AvgIpc) is 2.86. The molecular formula is C33H39Cl2N3O4S. The van der Waals surface area contributed by atoms with Crippen molar-refractivity contribution in [1.82, 2.24) is 10.2 Å². The third-order valence-corrected chi connectivity index (χ3v) is 8.86. The molecule has 230 valence electrons. The van der Waals surface area contributed by atoms with Gasteiger partial charge in [-0.15, -0.1) is 0 Å². The van der Waals surface area contributed by atoms with Gasteiger partial charge in [-0.2, -0.15) is 0 Å². The maximum absolute atomic E-state index is 13.0. The van der Waals surface area contributed by atoms with E-state index >= 15 is 0 Å². The van der Waals surface area contributed by atoms with Gasteiger partial charge in [0.05, 0.1) is 10.9 Å². The maximum Gasteiger partial charge on any atom is 0.414 e. The van der Waals surface area contributed by atoms with Gasteiger partial charge in [0.25, 0.3) is 0 Å². The summed E-state index contributed by atoms with van der Waals surface area (Å²) in [5.74, 6) is 0. The van der Waals surface area contributed by atoms with E-state index in [-0.39, 0.29) is 10.9 Å². The molecule has 0 aliphatic carbocycles. The van der Waals surface area contributed by atoms with Crippen molar-refractivity contribution in [3.8, 4) is 0 Å². The summed E-state index contributed by atoms with van der Waals surface area (Å²) in [6.07, 6.45) is 2.09. The fourth-order valence-corrected chi connectivity index (χ4v) is 6.28. The normalized spacial score (nSPS) is 15.1. The van der Waals surface area contributed by atoms with Crippen molar-refractivity contribution in [2.45, 2.75) is 38.8 Å². The molecule has 0 bridgehead atoms. The van der Waals surface area contributed by atoms with Crippen LogP contribution >= 0.6 is 23.2 Å². The highest BCUT2D eigenvalue weighted by Crippen LogP contribution is 2.39. The average molecular weight is 645 g/mol. The van der Waals surface area contributed by atoms with Gasteiger partial charge in [-0.3, -0.25) is 9.80 Å². The van der Waals surface area contributed by atoms with Crippen LogP contribution in [0.25, 0.3) is 4.91 Å². The number of hydrogen-bond acceptors (Lipinski definition) is 6. The highest BCUT2D eigenvalue weighted by atomic mass is 35.5. The van der Waals surface area contributed by atoms with Crippen LogP contribution in [0.4, 0.5) is 10.5 Å². The molecular weight excluding hydrogens is 605 g/mol. The van der Waals surface area contributed by atoms with Crippen LogP contribution in [0.5, 0.6) is 0 Å². The number of nitrogens with zero attached hydrogens (tertiary/aromatic N) is 2. The molecule has 0 spiro atoms. The van der Waals surface area contributed by atoms with Crippen molar-refractivity contribution in [3.05, 3.63) is 105 Å². The smallest absolute Gasteiger partial charge is 0.414 e. The Morgan fingerprint density at radius 2 is 1.42 bits per heavy atom. The van der Waals surface area contributed by atoms with Crippen molar-refractivity contribution in [1.29, 1.82) is 0 Å². The molecule has 1 N–H and O–H groups in total. The molecule has 1 amide bonds. The fraction of sp³-hybridized carbons (Fsp3) is 0.364. The van der Waals surface area contributed by atoms with Gasteiger partial charge in [0, 0.05) is 42.1 Å². The summed E-state index contributed by atoms with van der Waals surface area (Å²) in [6.45, 7) is 8.82. The first-order chi connectivity index (χ1) is 20.2. The molecule has 2 aliphatic heterocycles. The summed E-state index contributed by atoms with van der Waals surface area (Å²) in [6, 6.07) is 22.2. The number of nitrogens with one attached hydrogen (secondary N) is 1. The fourth-order valence-electron chi connectivity index (χ4n) is 4.82. The number of halogens is 2. The zero-order valence-corrected chi connectivity index (χ0v) is 27.6. The number of amides is 1. The van der Waals surface area contributed by atoms with Crippen LogP contribution in [-0.4, -0.2) is 64.5 Å². The summed E-state index contributed by atoms with van der Waals surface area (Å²) in [7, 11) is -1.97. The minimum Gasteiger partial charge on any atom is -0.443 e. The van der Waals surface area contributed by atoms with Crippen molar-refractivity contribution in [2.24, 2.45) is 0 Å². The lowest BCUT2D eigenvalue weighted by atomic mass is 9.92. The minimum absolute atomic E-state index is 0.103. The monoisotopic (exact) mass is 643 g/mol. The molecule has 0 saturated carbocycles. The van der Waals surface area contributed by atoms with Crippen LogP contribution in [0, 0.1) is 0 Å². The molecule has 2 saturated heterocycles. The van der Waals surface area contributed by atoms with Crippen LogP contribution in [0.2, 0.25) is 10.0 Å². The molecule has 43 heavy (non-hydrogen) atoms. The van der Waals surface area contributed by atoms with Crippen molar-refractivity contribution in [3.63, 3.8) is 0 Å². The van der Waals surface area contributed by atoms with Gasteiger partial charge in [0.1, 0.15) is 5.60 Å². The standard InChI is InChI=1S/C30H32Cl2N2O4S.C3H7N/c1-30(2,3)38-29(35)33(4)26-8-6-7-22(17-26)28(39(5,36)37)23-18-34(19-23)27(20-9-13-24(31)14-10-20)21-11-15-25(32)16-12-21;1-2-4-3-1/h6-17,27H,18-19H2,1-5H3;4H,1-3H2. The number of anilines is 1. The first-order valence-electron chi connectivity index (χ1n) is 14.2. The summed E-state index contributed by atoms with van der Waals surface area (Å²) < 4.78 is 31.6. The largest absolute Gasteiger partial charge is 0.443 e. The van der Waals surface area contributed by atoms with E-state index in [9.17, 15) is 13.2 Å². The second-order valence-electron chi connectivity index (χ2n) is 11.8. The van der Waals surface area contributed by atoms with E-state index in [1.165, 1.54) is 30.7 Å². The molecule has 7 nitrogen and oxygen atoms in total. The Bertz CT molecular complexity index is 1510. The number of sulfone groups is 1. The maximum atomic E-state index is 13.0. The second kappa shape index (κ2) is 13.8. The Kier molecular flexibility index (Phi) is 10.6. The van der Waals surface area contributed by atoms with Crippen LogP contribution in [0.3, 0.4) is 0 Å². The topological polar surface area (TPSA) is 79.0 Å². The zero-order valence-electron chi connectivity index (χ0n) is 25.2. The summed E-state index contributed by atoms with van der Waals surface area (Å²) >= 11 is 12.3. The molecule has 3 aromatic carbocycles. The van der Waals surface area contributed by atoms with E-state index in [0.717, 1.165) is 16.7 Å². The quantitative estimate of drug-likeness (QED) is 0.306. The molecule has 0 radical (unpaired) electrons. The van der Waals surface area contributed by atoms with Gasteiger partial charge in [-0.25, -0.2) is 13.2 Å². The van der Waals surface area contributed by atoms with Gasteiger partial charge < -0.3 is 10.1 Å². The van der Waals surface area contributed by atoms with Crippen molar-refractivity contribution < 1.29 is 17.9 Å². The second-order valence-corrected chi connectivity index (χ2v) is 14.6. The van der Waals surface area contributed by atoms with E-state index < -0.39 is 21.5 Å². The Morgan fingerprint density at radius 1 is 0.930 bits per heavy atom. The van der Waals surface area contributed by atoms with Gasteiger partial charge >= 0.3 is 6.09 Å². The Morgan fingerprint density at radius 3 is 1.84 bits per heavy atom.